The summed E-state index contributed by atoms with van der Waals surface area (Å²) in [4.78, 5) is 0. The van der Waals surface area contributed by atoms with Gasteiger partial charge in [0, 0.05) is 19.2 Å². The van der Waals surface area contributed by atoms with Crippen molar-refractivity contribution in [3.8, 4) is 0 Å². The van der Waals surface area contributed by atoms with Gasteiger partial charge in [0.05, 0.1) is 11.4 Å². The zero-order chi connectivity index (χ0) is 11.6. The highest BCUT2D eigenvalue weighted by Crippen LogP contribution is 2.16. The quantitative estimate of drug-likeness (QED) is 0.766. The predicted octanol–water partition coefficient (Wildman–Crippen LogP) is 0.0289. The summed E-state index contributed by atoms with van der Waals surface area (Å²) < 4.78 is 27.2. The van der Waals surface area contributed by atoms with Gasteiger partial charge in [0.2, 0.25) is 10.0 Å². The van der Waals surface area contributed by atoms with Crippen molar-refractivity contribution in [1.82, 2.24) is 9.78 Å². The molecule has 1 aromatic heterocycles. The van der Waals surface area contributed by atoms with Gasteiger partial charge in [-0.25, -0.2) is 8.42 Å². The predicted molar refractivity (Wildman–Crippen MR) is 58.8 cm³/mol. The lowest BCUT2D eigenvalue weighted by Gasteiger charge is -2.12. The summed E-state index contributed by atoms with van der Waals surface area (Å²) in [6.07, 6.45) is 1.55. The molecule has 1 aromatic rings. The number of nitrogens with one attached hydrogen (secondary N) is 1. The third-order valence-corrected chi connectivity index (χ3v) is 3.81. The molecule has 0 bridgehead atoms. The molecule has 0 fully saturated rings. The maximum atomic E-state index is 11.6. The third kappa shape index (κ3) is 2.48. The van der Waals surface area contributed by atoms with Crippen LogP contribution in [0.2, 0.25) is 0 Å². The number of rotatable bonds is 4. The van der Waals surface area contributed by atoms with Gasteiger partial charge in [-0.1, -0.05) is 0 Å². The van der Waals surface area contributed by atoms with E-state index in [-0.39, 0.29) is 6.54 Å². The highest BCUT2D eigenvalue weighted by Gasteiger charge is 2.19. The lowest BCUT2D eigenvalue weighted by Crippen LogP contribution is -2.24. The molecule has 86 valence electrons. The Kier molecular flexibility index (Phi) is 3.35. The van der Waals surface area contributed by atoms with E-state index in [4.69, 9.17) is 5.73 Å². The van der Waals surface area contributed by atoms with Crippen LogP contribution < -0.4 is 10.5 Å². The molecular weight excluding hydrogens is 216 g/mol. The van der Waals surface area contributed by atoms with Crippen molar-refractivity contribution in [2.45, 2.75) is 25.6 Å². The Labute approximate surface area is 89.5 Å². The smallest absolute Gasteiger partial charge is 0.236 e. The van der Waals surface area contributed by atoms with Gasteiger partial charge in [-0.2, -0.15) is 5.10 Å². The number of hydrogen-bond acceptors (Lipinski definition) is 4. The van der Waals surface area contributed by atoms with E-state index in [9.17, 15) is 8.42 Å². The van der Waals surface area contributed by atoms with Gasteiger partial charge in [0.25, 0.3) is 0 Å². The van der Waals surface area contributed by atoms with Crippen LogP contribution in [0.25, 0.3) is 0 Å². The van der Waals surface area contributed by atoms with Gasteiger partial charge in [0.15, 0.2) is 0 Å². The van der Waals surface area contributed by atoms with Gasteiger partial charge in [0.1, 0.15) is 5.82 Å². The molecule has 15 heavy (non-hydrogen) atoms. The Morgan fingerprint density at radius 3 is 2.67 bits per heavy atom. The Bertz CT molecular complexity index is 435. The number of aromatic nitrogens is 2. The zero-order valence-electron chi connectivity index (χ0n) is 9.06. The van der Waals surface area contributed by atoms with Crippen LogP contribution in [0.15, 0.2) is 6.20 Å². The number of hydrogen-bond donors (Lipinski definition) is 2. The van der Waals surface area contributed by atoms with Crippen molar-refractivity contribution in [2.75, 3.05) is 4.72 Å². The van der Waals surface area contributed by atoms with Crippen molar-refractivity contribution >= 4 is 15.8 Å². The minimum Gasteiger partial charge on any atom is -0.326 e. The van der Waals surface area contributed by atoms with Crippen LogP contribution in [-0.4, -0.2) is 23.4 Å². The molecule has 0 spiro atoms. The van der Waals surface area contributed by atoms with Gasteiger partial charge >= 0.3 is 0 Å². The molecule has 0 unspecified atom stereocenters. The Balaban J connectivity index is 3.04. The van der Waals surface area contributed by atoms with Crippen molar-refractivity contribution in [1.29, 1.82) is 0 Å². The second kappa shape index (κ2) is 4.19. The van der Waals surface area contributed by atoms with Gasteiger partial charge < -0.3 is 5.73 Å². The fourth-order valence-electron chi connectivity index (χ4n) is 1.02. The fourth-order valence-corrected chi connectivity index (χ4v) is 1.78. The van der Waals surface area contributed by atoms with E-state index in [0.29, 0.717) is 11.4 Å². The van der Waals surface area contributed by atoms with Gasteiger partial charge in [-0.15, -0.1) is 0 Å². The Morgan fingerprint density at radius 1 is 1.60 bits per heavy atom. The molecule has 0 radical (unpaired) electrons. The lowest BCUT2D eigenvalue weighted by atomic mass is 10.3. The highest BCUT2D eigenvalue weighted by atomic mass is 32.2. The van der Waals surface area contributed by atoms with E-state index in [1.807, 2.05) is 0 Å². The first kappa shape index (κ1) is 12.0. The third-order valence-electron chi connectivity index (χ3n) is 2.09. The number of nitrogens with two attached hydrogens (primary N) is 1. The molecule has 0 aromatic carbocycles. The Hall–Kier alpha value is -1.08. The van der Waals surface area contributed by atoms with Crippen molar-refractivity contribution in [3.63, 3.8) is 0 Å². The monoisotopic (exact) mass is 232 g/mol. The molecule has 0 amide bonds. The lowest BCUT2D eigenvalue weighted by molar-refractivity contribution is 0.591. The van der Waals surface area contributed by atoms with E-state index in [0.717, 1.165) is 0 Å². The Morgan fingerprint density at radius 2 is 2.20 bits per heavy atom. The van der Waals surface area contributed by atoms with Gasteiger partial charge in [-0.3, -0.25) is 9.40 Å². The number of anilines is 1. The van der Waals surface area contributed by atoms with Crippen LogP contribution in [0.1, 0.15) is 19.4 Å². The second-order valence-electron chi connectivity index (χ2n) is 3.54. The van der Waals surface area contributed by atoms with E-state index >= 15 is 0 Å². The van der Waals surface area contributed by atoms with E-state index < -0.39 is 15.3 Å². The molecule has 0 saturated carbocycles. The number of sulfonamides is 1. The zero-order valence-corrected chi connectivity index (χ0v) is 9.87. The van der Waals surface area contributed by atoms with Crippen molar-refractivity contribution in [3.05, 3.63) is 11.8 Å². The molecule has 0 aliphatic heterocycles. The molecule has 7 heteroatoms. The molecule has 1 rings (SSSR count). The average Bonchev–Trinajstić information content (AvgIpc) is 2.47. The molecule has 3 N–H and O–H groups in total. The maximum Gasteiger partial charge on any atom is 0.236 e. The molecule has 0 aliphatic carbocycles. The average molecular weight is 232 g/mol. The van der Waals surface area contributed by atoms with Crippen LogP contribution in [0.3, 0.4) is 0 Å². The summed E-state index contributed by atoms with van der Waals surface area (Å²) in [7, 11) is -1.68. The first-order valence-corrected chi connectivity index (χ1v) is 6.15. The second-order valence-corrected chi connectivity index (χ2v) is 5.78. The summed E-state index contributed by atoms with van der Waals surface area (Å²) >= 11 is 0. The van der Waals surface area contributed by atoms with Crippen LogP contribution in [-0.2, 0) is 23.6 Å². The number of aryl methyl sites for hydroxylation is 1. The minimum atomic E-state index is -3.34. The molecule has 0 aliphatic rings. The molecular formula is C8H16N4O2S. The topological polar surface area (TPSA) is 90.0 Å². The normalized spacial score (nSPS) is 12.1. The molecule has 1 heterocycles. The van der Waals surface area contributed by atoms with Crippen LogP contribution in [0.5, 0.6) is 0 Å². The first-order chi connectivity index (χ1) is 6.88. The largest absolute Gasteiger partial charge is 0.326 e. The van der Waals surface area contributed by atoms with E-state index in [1.54, 1.807) is 27.1 Å². The summed E-state index contributed by atoms with van der Waals surface area (Å²) in [6.45, 7) is 3.48. The molecule has 6 nitrogen and oxygen atoms in total. The van der Waals surface area contributed by atoms with E-state index in [2.05, 4.69) is 9.82 Å². The van der Waals surface area contributed by atoms with E-state index in [1.165, 1.54) is 4.68 Å². The summed E-state index contributed by atoms with van der Waals surface area (Å²) in [5.41, 5.74) is 6.15. The summed E-state index contributed by atoms with van der Waals surface area (Å²) in [5, 5.41) is 3.45. The number of nitrogens with zero attached hydrogens (tertiary/aromatic N) is 2. The van der Waals surface area contributed by atoms with Gasteiger partial charge in [-0.05, 0) is 13.8 Å². The standard InChI is InChI=1S/C8H16N4O2S/c1-6(2)15(13,14)11-8-7(4-9)5-10-12(8)3/h5-6,11H,4,9H2,1-3H3. The van der Waals surface area contributed by atoms with Crippen LogP contribution >= 0.6 is 0 Å². The summed E-state index contributed by atoms with van der Waals surface area (Å²) in [6, 6.07) is 0. The summed E-state index contributed by atoms with van der Waals surface area (Å²) in [5.74, 6) is 0.436. The van der Waals surface area contributed by atoms with Crippen molar-refractivity contribution < 1.29 is 8.42 Å². The molecule has 0 saturated heterocycles. The van der Waals surface area contributed by atoms with Crippen LogP contribution in [0.4, 0.5) is 5.82 Å². The van der Waals surface area contributed by atoms with Crippen LogP contribution in [0, 0.1) is 0 Å². The fraction of sp³-hybridized carbons (Fsp3) is 0.625. The minimum absolute atomic E-state index is 0.254. The van der Waals surface area contributed by atoms with Crippen molar-refractivity contribution in [2.24, 2.45) is 12.8 Å². The SMILES string of the molecule is CC(C)S(=O)(=O)Nc1c(CN)cnn1C. The highest BCUT2D eigenvalue weighted by molar-refractivity contribution is 7.93. The first-order valence-electron chi connectivity index (χ1n) is 4.61. The maximum absolute atomic E-state index is 11.6. The molecule has 0 atom stereocenters.